The molecule has 0 aromatic heterocycles. The first-order valence-electron chi connectivity index (χ1n) is 2.64. The van der Waals surface area contributed by atoms with E-state index in [0.717, 1.165) is 11.8 Å². The first kappa shape index (κ1) is 7.89. The Bertz CT molecular complexity index is 74.5. The van der Waals surface area contributed by atoms with Crippen molar-refractivity contribution < 1.29 is 0 Å². The molecule has 0 bridgehead atoms. The number of allylic oxidation sites excluding steroid dienone is 1. The summed E-state index contributed by atoms with van der Waals surface area (Å²) in [4.78, 5) is 3.94. The second-order valence-corrected chi connectivity index (χ2v) is 1.93. The van der Waals surface area contributed by atoms with E-state index in [9.17, 15) is 0 Å². The van der Waals surface area contributed by atoms with Gasteiger partial charge >= 0.3 is 0 Å². The minimum atomic E-state index is 0.883. The standard InChI is InChI=1S/C6H10BrN/c1-2-5-8-6-3-4-7/h3,5-6H,2,4H2,1H3/b6-3+,8-5?. The van der Waals surface area contributed by atoms with E-state index >= 15 is 0 Å². The van der Waals surface area contributed by atoms with E-state index in [1.54, 1.807) is 6.20 Å². The van der Waals surface area contributed by atoms with Gasteiger partial charge in [-0.1, -0.05) is 28.9 Å². The minimum absolute atomic E-state index is 0.883. The number of halogens is 1. The van der Waals surface area contributed by atoms with E-state index in [4.69, 9.17) is 0 Å². The highest BCUT2D eigenvalue weighted by atomic mass is 79.9. The molecule has 0 saturated heterocycles. The summed E-state index contributed by atoms with van der Waals surface area (Å²) >= 11 is 3.24. The van der Waals surface area contributed by atoms with Crippen LogP contribution >= 0.6 is 15.9 Å². The average Bonchev–Trinajstić information content (AvgIpc) is 1.81. The van der Waals surface area contributed by atoms with Crippen molar-refractivity contribution in [1.29, 1.82) is 0 Å². The summed E-state index contributed by atoms with van der Waals surface area (Å²) in [5, 5.41) is 0.883. The van der Waals surface area contributed by atoms with Gasteiger partial charge in [0.1, 0.15) is 0 Å². The maximum absolute atomic E-state index is 3.94. The third kappa shape index (κ3) is 5.89. The molecule has 46 valence electrons. The molecular weight excluding hydrogens is 166 g/mol. The second kappa shape index (κ2) is 6.89. The van der Waals surface area contributed by atoms with Crippen LogP contribution in [0.15, 0.2) is 17.3 Å². The van der Waals surface area contributed by atoms with Gasteiger partial charge in [-0.25, -0.2) is 0 Å². The molecule has 0 N–H and O–H groups in total. The van der Waals surface area contributed by atoms with Gasteiger partial charge in [-0.3, -0.25) is 4.99 Å². The summed E-state index contributed by atoms with van der Waals surface area (Å²) in [6, 6.07) is 0. The Hall–Kier alpha value is -0.110. The van der Waals surface area contributed by atoms with Crippen molar-refractivity contribution in [3.05, 3.63) is 12.3 Å². The summed E-state index contributed by atoms with van der Waals surface area (Å²) in [7, 11) is 0. The molecule has 0 unspecified atom stereocenters. The fraction of sp³-hybridized carbons (Fsp3) is 0.500. The number of hydrogen-bond acceptors (Lipinski definition) is 1. The van der Waals surface area contributed by atoms with E-state index in [0.29, 0.717) is 0 Å². The SMILES string of the molecule is CCC=N/C=C/CBr. The lowest BCUT2D eigenvalue weighted by Crippen LogP contribution is -1.63. The van der Waals surface area contributed by atoms with Gasteiger partial charge in [-0.2, -0.15) is 0 Å². The number of alkyl halides is 1. The van der Waals surface area contributed by atoms with E-state index < -0.39 is 0 Å². The fourth-order valence-electron chi connectivity index (χ4n) is 0.267. The monoisotopic (exact) mass is 175 g/mol. The van der Waals surface area contributed by atoms with E-state index in [2.05, 4.69) is 27.8 Å². The second-order valence-electron chi connectivity index (χ2n) is 1.28. The fourth-order valence-corrected chi connectivity index (χ4v) is 0.434. The van der Waals surface area contributed by atoms with Crippen LogP contribution in [0.3, 0.4) is 0 Å². The van der Waals surface area contributed by atoms with Gasteiger partial charge in [-0.05, 0) is 6.42 Å². The Kier molecular flexibility index (Phi) is 6.80. The van der Waals surface area contributed by atoms with Gasteiger partial charge in [0.15, 0.2) is 0 Å². The number of hydrogen-bond donors (Lipinski definition) is 0. The zero-order valence-electron chi connectivity index (χ0n) is 4.97. The normalized spacial score (nSPS) is 11.8. The Morgan fingerprint density at radius 3 is 2.88 bits per heavy atom. The van der Waals surface area contributed by atoms with Gasteiger partial charge in [0.2, 0.25) is 0 Å². The highest BCUT2D eigenvalue weighted by Gasteiger charge is 1.63. The predicted molar refractivity (Wildman–Crippen MR) is 41.7 cm³/mol. The molecule has 0 aromatic rings. The third-order valence-corrected chi connectivity index (χ3v) is 0.942. The lowest BCUT2D eigenvalue weighted by Gasteiger charge is -1.73. The topological polar surface area (TPSA) is 12.4 Å². The third-order valence-electron chi connectivity index (χ3n) is 0.569. The Morgan fingerprint density at radius 1 is 1.62 bits per heavy atom. The van der Waals surface area contributed by atoms with Crippen molar-refractivity contribution in [3.63, 3.8) is 0 Å². The largest absolute Gasteiger partial charge is 0.269 e. The zero-order valence-corrected chi connectivity index (χ0v) is 6.56. The molecule has 0 fully saturated rings. The van der Waals surface area contributed by atoms with Crippen LogP contribution in [0.25, 0.3) is 0 Å². The smallest absolute Gasteiger partial charge is 0.0232 e. The van der Waals surface area contributed by atoms with Crippen LogP contribution < -0.4 is 0 Å². The molecule has 2 heteroatoms. The summed E-state index contributed by atoms with van der Waals surface area (Å²) in [6.45, 7) is 2.06. The van der Waals surface area contributed by atoms with Gasteiger partial charge in [0, 0.05) is 17.7 Å². The van der Waals surface area contributed by atoms with Gasteiger partial charge in [0.05, 0.1) is 0 Å². The zero-order chi connectivity index (χ0) is 6.24. The molecule has 0 spiro atoms. The average molecular weight is 176 g/mol. The van der Waals surface area contributed by atoms with Crippen molar-refractivity contribution in [2.75, 3.05) is 5.33 Å². The molecule has 0 heterocycles. The molecular formula is C6H10BrN. The number of aliphatic imine (C=N–C) groups is 1. The summed E-state index contributed by atoms with van der Waals surface area (Å²) in [5.41, 5.74) is 0. The van der Waals surface area contributed by atoms with Crippen LogP contribution in [0.4, 0.5) is 0 Å². The van der Waals surface area contributed by atoms with E-state index in [-0.39, 0.29) is 0 Å². The molecule has 0 radical (unpaired) electrons. The highest BCUT2D eigenvalue weighted by molar-refractivity contribution is 9.09. The van der Waals surface area contributed by atoms with Crippen molar-refractivity contribution in [2.24, 2.45) is 4.99 Å². The van der Waals surface area contributed by atoms with Crippen LogP contribution in [-0.4, -0.2) is 11.5 Å². The first-order valence-corrected chi connectivity index (χ1v) is 3.76. The van der Waals surface area contributed by atoms with Crippen LogP contribution in [0.1, 0.15) is 13.3 Å². The van der Waals surface area contributed by atoms with Crippen molar-refractivity contribution >= 4 is 22.1 Å². The molecule has 0 atom stereocenters. The minimum Gasteiger partial charge on any atom is -0.269 e. The molecule has 0 saturated carbocycles. The lowest BCUT2D eigenvalue weighted by atomic mass is 10.5. The maximum Gasteiger partial charge on any atom is 0.0232 e. The first-order chi connectivity index (χ1) is 3.91. The van der Waals surface area contributed by atoms with Crippen LogP contribution in [0.5, 0.6) is 0 Å². The van der Waals surface area contributed by atoms with Gasteiger partial charge < -0.3 is 0 Å². The van der Waals surface area contributed by atoms with Crippen LogP contribution in [0, 0.1) is 0 Å². The maximum atomic E-state index is 3.94. The van der Waals surface area contributed by atoms with E-state index in [1.807, 2.05) is 12.3 Å². The molecule has 0 aliphatic carbocycles. The van der Waals surface area contributed by atoms with Crippen molar-refractivity contribution in [3.8, 4) is 0 Å². The lowest BCUT2D eigenvalue weighted by molar-refractivity contribution is 1.31. The number of rotatable bonds is 3. The molecule has 0 aliphatic rings. The van der Waals surface area contributed by atoms with Crippen molar-refractivity contribution in [1.82, 2.24) is 0 Å². The molecule has 0 aliphatic heterocycles. The molecule has 1 nitrogen and oxygen atoms in total. The van der Waals surface area contributed by atoms with Gasteiger partial charge in [-0.15, -0.1) is 0 Å². The van der Waals surface area contributed by atoms with Crippen LogP contribution in [-0.2, 0) is 0 Å². The predicted octanol–water partition coefficient (Wildman–Crippen LogP) is 2.38. The Morgan fingerprint density at radius 2 is 2.38 bits per heavy atom. The molecule has 0 rings (SSSR count). The molecule has 0 amide bonds. The van der Waals surface area contributed by atoms with Crippen LogP contribution in [0.2, 0.25) is 0 Å². The summed E-state index contributed by atoms with van der Waals surface area (Å²) in [5.74, 6) is 0. The van der Waals surface area contributed by atoms with E-state index in [1.165, 1.54) is 0 Å². The molecule has 0 aromatic carbocycles. The van der Waals surface area contributed by atoms with Gasteiger partial charge in [0.25, 0.3) is 0 Å². The highest BCUT2D eigenvalue weighted by Crippen LogP contribution is 1.81. The quantitative estimate of drug-likeness (QED) is 0.462. The summed E-state index contributed by atoms with van der Waals surface area (Å²) in [6.07, 6.45) is 6.62. The Balaban J connectivity index is 3.13. The summed E-state index contributed by atoms with van der Waals surface area (Å²) < 4.78 is 0. The van der Waals surface area contributed by atoms with Crippen molar-refractivity contribution in [2.45, 2.75) is 13.3 Å². The number of nitrogens with zero attached hydrogens (tertiary/aromatic N) is 1. The molecule has 8 heavy (non-hydrogen) atoms. The Labute approximate surface area is 58.6 Å².